The summed E-state index contributed by atoms with van der Waals surface area (Å²) in [4.78, 5) is 24.5. The van der Waals surface area contributed by atoms with Crippen molar-refractivity contribution >= 4 is 11.9 Å². The Morgan fingerprint density at radius 3 is 1.09 bits per heavy atom. The molecule has 0 aromatic heterocycles. The van der Waals surface area contributed by atoms with Gasteiger partial charge in [0.05, 0.1) is 25.4 Å². The van der Waals surface area contributed by atoms with Gasteiger partial charge in [0, 0.05) is 12.8 Å². The lowest BCUT2D eigenvalue weighted by Gasteiger charge is -2.20. The van der Waals surface area contributed by atoms with E-state index < -0.39 is 12.1 Å². The van der Waals surface area contributed by atoms with Crippen molar-refractivity contribution in [2.45, 2.75) is 347 Å². The van der Waals surface area contributed by atoms with Gasteiger partial charge in [0.1, 0.15) is 0 Å². The Hall–Kier alpha value is -1.92. The summed E-state index contributed by atoms with van der Waals surface area (Å²) in [5.41, 5.74) is 0. The van der Waals surface area contributed by atoms with Crippen LogP contribution in [0.4, 0.5) is 0 Å². The van der Waals surface area contributed by atoms with E-state index in [0.29, 0.717) is 19.4 Å². The number of aliphatic hydroxyl groups excluding tert-OH is 2. The van der Waals surface area contributed by atoms with Crippen LogP contribution >= 0.6 is 0 Å². The van der Waals surface area contributed by atoms with Crippen molar-refractivity contribution in [2.75, 3.05) is 13.2 Å². The molecular formula is C64H121NO5. The van der Waals surface area contributed by atoms with Gasteiger partial charge in [-0.1, -0.05) is 294 Å². The van der Waals surface area contributed by atoms with Crippen LogP contribution in [0, 0.1) is 0 Å². The van der Waals surface area contributed by atoms with Gasteiger partial charge in [0.15, 0.2) is 0 Å². The number of carbonyl (C=O) groups excluding carboxylic acids is 2. The van der Waals surface area contributed by atoms with Crippen molar-refractivity contribution in [3.05, 3.63) is 36.5 Å². The fraction of sp³-hybridized carbons (Fsp3) is 0.875. The van der Waals surface area contributed by atoms with E-state index in [4.69, 9.17) is 4.74 Å². The van der Waals surface area contributed by atoms with Gasteiger partial charge in [-0.15, -0.1) is 0 Å². The van der Waals surface area contributed by atoms with E-state index in [-0.39, 0.29) is 18.5 Å². The van der Waals surface area contributed by atoms with Crippen LogP contribution in [0.15, 0.2) is 36.5 Å². The normalized spacial score (nSPS) is 12.8. The maximum absolute atomic E-state index is 12.4. The van der Waals surface area contributed by atoms with Crippen LogP contribution in [0.2, 0.25) is 0 Å². The van der Waals surface area contributed by atoms with Crippen LogP contribution in [-0.4, -0.2) is 47.4 Å². The van der Waals surface area contributed by atoms with E-state index in [1.807, 2.05) is 6.08 Å². The van der Waals surface area contributed by atoms with E-state index in [1.54, 1.807) is 6.08 Å². The Morgan fingerprint density at radius 1 is 0.400 bits per heavy atom. The molecule has 0 aliphatic rings. The summed E-state index contributed by atoms with van der Waals surface area (Å²) in [5.74, 6) is -0.0589. The van der Waals surface area contributed by atoms with E-state index in [0.717, 1.165) is 44.9 Å². The molecule has 3 N–H and O–H groups in total. The number of rotatable bonds is 58. The molecule has 0 spiro atoms. The highest BCUT2D eigenvalue weighted by Crippen LogP contribution is 2.17. The second-order valence-corrected chi connectivity index (χ2v) is 21.4. The summed E-state index contributed by atoms with van der Waals surface area (Å²) in [6, 6.07) is -0.629. The number of hydrogen-bond donors (Lipinski definition) is 3. The SMILES string of the molecule is CCCCCCCCCCC/C=C/C(O)C(CO)NC(=O)CCCCCCCCCCCCC/C=C\C/C=C\CCCCCCCCCCCOC(=O)CCCCCCCCCCCCCCCCC. The molecule has 2 atom stereocenters. The molecule has 6 heteroatoms. The van der Waals surface area contributed by atoms with Crippen molar-refractivity contribution in [1.82, 2.24) is 5.32 Å². The molecule has 0 aromatic carbocycles. The predicted octanol–water partition coefficient (Wildman–Crippen LogP) is 19.6. The quantitative estimate of drug-likeness (QED) is 0.0321. The topological polar surface area (TPSA) is 95.9 Å². The van der Waals surface area contributed by atoms with Crippen LogP contribution < -0.4 is 5.32 Å². The monoisotopic (exact) mass is 984 g/mol. The van der Waals surface area contributed by atoms with Gasteiger partial charge >= 0.3 is 5.97 Å². The molecule has 0 fully saturated rings. The Bertz CT molecular complexity index is 1130. The molecule has 2 unspecified atom stereocenters. The molecule has 0 aromatic rings. The number of carbonyl (C=O) groups is 2. The van der Waals surface area contributed by atoms with Gasteiger partial charge < -0.3 is 20.3 Å². The third-order valence-electron chi connectivity index (χ3n) is 14.4. The fourth-order valence-corrected chi connectivity index (χ4v) is 9.61. The number of unbranched alkanes of at least 4 members (excludes halogenated alkanes) is 43. The first-order valence-electron chi connectivity index (χ1n) is 31.3. The van der Waals surface area contributed by atoms with Crippen molar-refractivity contribution < 1.29 is 24.5 Å². The zero-order valence-electron chi connectivity index (χ0n) is 47.0. The summed E-state index contributed by atoms with van der Waals surface area (Å²) >= 11 is 0. The first kappa shape index (κ1) is 68.1. The minimum atomic E-state index is -0.845. The fourth-order valence-electron chi connectivity index (χ4n) is 9.61. The Labute approximate surface area is 436 Å². The molecule has 0 saturated carbocycles. The van der Waals surface area contributed by atoms with E-state index in [9.17, 15) is 19.8 Å². The Kier molecular flexibility index (Phi) is 58.0. The van der Waals surface area contributed by atoms with Crippen LogP contribution in [0.5, 0.6) is 0 Å². The Morgan fingerprint density at radius 2 is 0.714 bits per heavy atom. The van der Waals surface area contributed by atoms with Gasteiger partial charge in [-0.3, -0.25) is 9.59 Å². The lowest BCUT2D eigenvalue weighted by molar-refractivity contribution is -0.143. The first-order chi connectivity index (χ1) is 34.5. The number of amides is 1. The van der Waals surface area contributed by atoms with Crippen LogP contribution in [0.1, 0.15) is 335 Å². The molecule has 412 valence electrons. The van der Waals surface area contributed by atoms with Crippen LogP contribution in [-0.2, 0) is 14.3 Å². The third-order valence-corrected chi connectivity index (χ3v) is 14.4. The highest BCUT2D eigenvalue weighted by atomic mass is 16.5. The van der Waals surface area contributed by atoms with Gasteiger partial charge in [0.25, 0.3) is 0 Å². The lowest BCUT2D eigenvalue weighted by Crippen LogP contribution is -2.45. The smallest absolute Gasteiger partial charge is 0.305 e. The minimum Gasteiger partial charge on any atom is -0.466 e. The lowest BCUT2D eigenvalue weighted by atomic mass is 10.0. The molecule has 0 radical (unpaired) electrons. The average Bonchev–Trinajstić information content (AvgIpc) is 3.36. The van der Waals surface area contributed by atoms with Crippen molar-refractivity contribution in [2.24, 2.45) is 0 Å². The molecule has 70 heavy (non-hydrogen) atoms. The maximum atomic E-state index is 12.4. The average molecular weight is 985 g/mol. The highest BCUT2D eigenvalue weighted by Gasteiger charge is 2.18. The number of ether oxygens (including phenoxy) is 1. The third kappa shape index (κ3) is 55.4. The van der Waals surface area contributed by atoms with Gasteiger partial charge in [-0.05, 0) is 64.2 Å². The summed E-state index contributed by atoms with van der Waals surface area (Å²) in [6.07, 6.45) is 74.8. The van der Waals surface area contributed by atoms with Crippen molar-refractivity contribution in [3.8, 4) is 0 Å². The van der Waals surface area contributed by atoms with E-state index in [1.165, 1.54) is 263 Å². The number of allylic oxidation sites excluding steroid dienone is 5. The van der Waals surface area contributed by atoms with E-state index >= 15 is 0 Å². The standard InChI is InChI=1S/C64H121NO5/c1-3-5-7-9-11-13-15-16-30-34-38-42-46-50-54-58-64(69)70-59-55-51-47-43-39-35-32-29-27-25-23-21-19-17-18-20-22-24-26-28-31-33-37-41-45-49-53-57-63(68)65-61(60-66)62(67)56-52-48-44-40-36-14-12-10-8-6-4-2/h17-18,21,23,52,56,61-62,66-67H,3-16,19-20,22,24-51,53-55,57-60H2,1-2H3,(H,65,68)/b18-17-,23-21-,56-52+. The second-order valence-electron chi connectivity index (χ2n) is 21.4. The number of aliphatic hydroxyl groups is 2. The zero-order valence-corrected chi connectivity index (χ0v) is 47.0. The molecule has 0 rings (SSSR count). The summed E-state index contributed by atoms with van der Waals surface area (Å²) in [5, 5.41) is 23.0. The highest BCUT2D eigenvalue weighted by molar-refractivity contribution is 5.76. The number of esters is 1. The second kappa shape index (κ2) is 59.6. The molecule has 6 nitrogen and oxygen atoms in total. The molecule has 0 bridgehead atoms. The van der Waals surface area contributed by atoms with Gasteiger partial charge in [-0.2, -0.15) is 0 Å². The number of hydrogen-bond acceptors (Lipinski definition) is 5. The van der Waals surface area contributed by atoms with Gasteiger partial charge in [0.2, 0.25) is 5.91 Å². The minimum absolute atomic E-state index is 0.0131. The number of nitrogens with one attached hydrogen (secondary N) is 1. The van der Waals surface area contributed by atoms with E-state index in [2.05, 4.69) is 43.5 Å². The summed E-state index contributed by atoms with van der Waals surface area (Å²) < 4.78 is 5.49. The van der Waals surface area contributed by atoms with Crippen LogP contribution in [0.25, 0.3) is 0 Å². The largest absolute Gasteiger partial charge is 0.466 e. The predicted molar refractivity (Wildman–Crippen MR) is 306 cm³/mol. The Balaban J connectivity index is 3.41. The molecule has 0 aliphatic heterocycles. The molecular weight excluding hydrogens is 863 g/mol. The molecule has 0 heterocycles. The summed E-state index contributed by atoms with van der Waals surface area (Å²) in [7, 11) is 0. The zero-order chi connectivity index (χ0) is 50.7. The van der Waals surface area contributed by atoms with Crippen molar-refractivity contribution in [1.29, 1.82) is 0 Å². The van der Waals surface area contributed by atoms with Gasteiger partial charge in [-0.25, -0.2) is 0 Å². The van der Waals surface area contributed by atoms with Crippen molar-refractivity contribution in [3.63, 3.8) is 0 Å². The van der Waals surface area contributed by atoms with Crippen LogP contribution in [0.3, 0.4) is 0 Å². The molecule has 0 aliphatic carbocycles. The first-order valence-corrected chi connectivity index (χ1v) is 31.3. The maximum Gasteiger partial charge on any atom is 0.305 e. The molecule has 0 saturated heterocycles. The summed E-state index contributed by atoms with van der Waals surface area (Å²) in [6.45, 7) is 4.90. The molecule has 1 amide bonds.